The molecule has 2 aromatic carbocycles. The van der Waals surface area contributed by atoms with Gasteiger partial charge in [-0.15, -0.1) is 0 Å². The van der Waals surface area contributed by atoms with E-state index in [-0.39, 0.29) is 0 Å². The number of hydrogen-bond donors (Lipinski definition) is 1. The zero-order valence-corrected chi connectivity index (χ0v) is 11.9. The highest BCUT2D eigenvalue weighted by Gasteiger charge is 2.20. The Balaban J connectivity index is 1.90. The van der Waals surface area contributed by atoms with E-state index in [0.717, 1.165) is 35.8 Å². The first kappa shape index (κ1) is 12.6. The maximum absolute atomic E-state index is 6.22. The summed E-state index contributed by atoms with van der Waals surface area (Å²) in [6.07, 6.45) is 1.05. The molecule has 0 bridgehead atoms. The van der Waals surface area contributed by atoms with Gasteiger partial charge in [0.05, 0.1) is 0 Å². The SMILES string of the molecule is Nc1ccc2c(c1)N(Cc1cc(Cl)ccc1Cl)CC2. The molecule has 0 saturated carbocycles. The average molecular weight is 293 g/mol. The molecule has 0 saturated heterocycles. The van der Waals surface area contributed by atoms with Gasteiger partial charge in [-0.25, -0.2) is 0 Å². The van der Waals surface area contributed by atoms with Gasteiger partial charge in [0.2, 0.25) is 0 Å². The smallest absolute Gasteiger partial charge is 0.0456 e. The van der Waals surface area contributed by atoms with Gasteiger partial charge in [0.15, 0.2) is 0 Å². The summed E-state index contributed by atoms with van der Waals surface area (Å²) in [5, 5.41) is 1.47. The molecule has 0 fully saturated rings. The lowest BCUT2D eigenvalue weighted by Crippen LogP contribution is -2.20. The Morgan fingerprint density at radius 1 is 1.11 bits per heavy atom. The van der Waals surface area contributed by atoms with E-state index in [1.165, 1.54) is 11.3 Å². The van der Waals surface area contributed by atoms with Gasteiger partial charge in [-0.1, -0.05) is 29.3 Å². The number of rotatable bonds is 2. The van der Waals surface area contributed by atoms with E-state index in [1.807, 2.05) is 30.3 Å². The molecule has 98 valence electrons. The number of nitrogen functional groups attached to an aromatic ring is 1. The van der Waals surface area contributed by atoms with Crippen LogP contribution in [0.5, 0.6) is 0 Å². The Labute approximate surface area is 122 Å². The first-order valence-corrected chi connectivity index (χ1v) is 6.96. The van der Waals surface area contributed by atoms with Crippen molar-refractivity contribution in [2.45, 2.75) is 13.0 Å². The monoisotopic (exact) mass is 292 g/mol. The van der Waals surface area contributed by atoms with Gasteiger partial charge in [-0.05, 0) is 47.9 Å². The summed E-state index contributed by atoms with van der Waals surface area (Å²) in [6, 6.07) is 11.7. The molecule has 2 nitrogen and oxygen atoms in total. The van der Waals surface area contributed by atoms with Gasteiger partial charge >= 0.3 is 0 Å². The Hall–Kier alpha value is -1.38. The van der Waals surface area contributed by atoms with Crippen molar-refractivity contribution in [2.24, 2.45) is 0 Å². The third-order valence-corrected chi connectivity index (χ3v) is 4.07. The van der Waals surface area contributed by atoms with Crippen molar-refractivity contribution >= 4 is 34.6 Å². The van der Waals surface area contributed by atoms with Crippen molar-refractivity contribution in [1.82, 2.24) is 0 Å². The Morgan fingerprint density at radius 3 is 2.79 bits per heavy atom. The average Bonchev–Trinajstić information content (AvgIpc) is 2.77. The van der Waals surface area contributed by atoms with Crippen molar-refractivity contribution in [3.8, 4) is 0 Å². The van der Waals surface area contributed by atoms with Crippen LogP contribution in [-0.2, 0) is 13.0 Å². The van der Waals surface area contributed by atoms with Crippen molar-refractivity contribution < 1.29 is 0 Å². The zero-order valence-electron chi connectivity index (χ0n) is 10.4. The summed E-state index contributed by atoms with van der Waals surface area (Å²) >= 11 is 12.3. The van der Waals surface area contributed by atoms with E-state index in [1.54, 1.807) is 0 Å². The van der Waals surface area contributed by atoms with Crippen LogP contribution in [-0.4, -0.2) is 6.54 Å². The lowest BCUT2D eigenvalue weighted by atomic mass is 10.1. The van der Waals surface area contributed by atoms with Gasteiger partial charge in [0, 0.05) is 34.5 Å². The molecule has 1 aliphatic rings. The molecule has 4 heteroatoms. The molecule has 1 heterocycles. The van der Waals surface area contributed by atoms with Crippen LogP contribution < -0.4 is 10.6 Å². The highest BCUT2D eigenvalue weighted by atomic mass is 35.5. The number of fused-ring (bicyclic) bond motifs is 1. The van der Waals surface area contributed by atoms with E-state index in [2.05, 4.69) is 11.0 Å². The summed E-state index contributed by atoms with van der Waals surface area (Å²) in [7, 11) is 0. The fourth-order valence-corrected chi connectivity index (χ4v) is 2.87. The molecule has 0 aliphatic carbocycles. The molecule has 0 amide bonds. The molecule has 0 spiro atoms. The number of nitrogens with zero attached hydrogens (tertiary/aromatic N) is 1. The van der Waals surface area contributed by atoms with E-state index < -0.39 is 0 Å². The first-order valence-electron chi connectivity index (χ1n) is 6.21. The predicted octanol–water partition coefficient (Wildman–Crippen LogP) is 4.14. The molecule has 2 N–H and O–H groups in total. The fraction of sp³-hybridized carbons (Fsp3) is 0.200. The minimum absolute atomic E-state index is 0.714. The molecule has 19 heavy (non-hydrogen) atoms. The highest BCUT2D eigenvalue weighted by Crippen LogP contribution is 2.32. The third-order valence-electron chi connectivity index (χ3n) is 3.47. The molecular weight excluding hydrogens is 279 g/mol. The second-order valence-electron chi connectivity index (χ2n) is 4.80. The lowest BCUT2D eigenvalue weighted by molar-refractivity contribution is 0.836. The van der Waals surface area contributed by atoms with E-state index in [0.29, 0.717) is 5.02 Å². The summed E-state index contributed by atoms with van der Waals surface area (Å²) in [4.78, 5) is 2.29. The van der Waals surface area contributed by atoms with Gasteiger partial charge in [0.1, 0.15) is 0 Å². The number of halogens is 2. The van der Waals surface area contributed by atoms with Crippen LogP contribution in [0, 0.1) is 0 Å². The van der Waals surface area contributed by atoms with Crippen molar-refractivity contribution in [1.29, 1.82) is 0 Å². The number of anilines is 2. The molecule has 0 aromatic heterocycles. The second-order valence-corrected chi connectivity index (χ2v) is 5.64. The van der Waals surface area contributed by atoms with Crippen molar-refractivity contribution in [2.75, 3.05) is 17.2 Å². The molecule has 0 unspecified atom stereocenters. The molecular formula is C15H14Cl2N2. The standard InChI is InChI=1S/C15H14Cl2N2/c16-12-2-4-14(17)11(7-12)9-19-6-5-10-1-3-13(18)8-15(10)19/h1-4,7-8H,5-6,9,18H2. The normalized spacial score (nSPS) is 13.7. The Morgan fingerprint density at radius 2 is 1.95 bits per heavy atom. The first-order chi connectivity index (χ1) is 9.13. The Kier molecular flexibility index (Phi) is 3.29. The minimum atomic E-state index is 0.714. The maximum atomic E-state index is 6.22. The van der Waals surface area contributed by atoms with Crippen LogP contribution in [0.1, 0.15) is 11.1 Å². The Bertz CT molecular complexity index is 626. The summed E-state index contributed by atoms with van der Waals surface area (Å²) in [5.41, 5.74) is 10.3. The summed E-state index contributed by atoms with van der Waals surface area (Å²) in [5.74, 6) is 0. The summed E-state index contributed by atoms with van der Waals surface area (Å²) < 4.78 is 0. The molecule has 3 rings (SSSR count). The van der Waals surface area contributed by atoms with Crippen molar-refractivity contribution in [3.63, 3.8) is 0 Å². The van der Waals surface area contributed by atoms with Crippen LogP contribution in [0.2, 0.25) is 10.0 Å². The van der Waals surface area contributed by atoms with Crippen LogP contribution >= 0.6 is 23.2 Å². The van der Waals surface area contributed by atoms with Crippen LogP contribution in [0.3, 0.4) is 0 Å². The van der Waals surface area contributed by atoms with Gasteiger partial charge in [-0.2, -0.15) is 0 Å². The molecule has 2 aromatic rings. The quantitative estimate of drug-likeness (QED) is 0.843. The lowest BCUT2D eigenvalue weighted by Gasteiger charge is -2.20. The number of hydrogen-bond acceptors (Lipinski definition) is 2. The van der Waals surface area contributed by atoms with Crippen LogP contribution in [0.4, 0.5) is 11.4 Å². The minimum Gasteiger partial charge on any atom is -0.399 e. The summed E-state index contributed by atoms with van der Waals surface area (Å²) in [6.45, 7) is 1.75. The predicted molar refractivity (Wildman–Crippen MR) is 82.1 cm³/mol. The second kappa shape index (κ2) is 4.95. The molecule has 1 aliphatic heterocycles. The van der Waals surface area contributed by atoms with Crippen LogP contribution in [0.15, 0.2) is 36.4 Å². The van der Waals surface area contributed by atoms with E-state index in [9.17, 15) is 0 Å². The van der Waals surface area contributed by atoms with E-state index in [4.69, 9.17) is 28.9 Å². The van der Waals surface area contributed by atoms with Gasteiger partial charge in [-0.3, -0.25) is 0 Å². The van der Waals surface area contributed by atoms with Crippen LogP contribution in [0.25, 0.3) is 0 Å². The van der Waals surface area contributed by atoms with Gasteiger partial charge in [0.25, 0.3) is 0 Å². The number of nitrogens with two attached hydrogens (primary N) is 1. The fourth-order valence-electron chi connectivity index (χ4n) is 2.50. The zero-order chi connectivity index (χ0) is 13.4. The third kappa shape index (κ3) is 2.51. The maximum Gasteiger partial charge on any atom is 0.0456 e. The highest BCUT2D eigenvalue weighted by molar-refractivity contribution is 6.33. The molecule has 0 atom stereocenters. The number of benzene rings is 2. The largest absolute Gasteiger partial charge is 0.399 e. The van der Waals surface area contributed by atoms with Gasteiger partial charge < -0.3 is 10.6 Å². The topological polar surface area (TPSA) is 29.3 Å². The van der Waals surface area contributed by atoms with Crippen molar-refractivity contribution in [3.05, 3.63) is 57.6 Å². The molecule has 0 radical (unpaired) electrons. The van der Waals surface area contributed by atoms with E-state index >= 15 is 0 Å².